The number of anilines is 1. The molecular weight excluding hydrogens is 536 g/mol. The Morgan fingerprint density at radius 3 is 2.22 bits per heavy atom. The highest BCUT2D eigenvalue weighted by molar-refractivity contribution is 5.98. The summed E-state index contributed by atoms with van der Waals surface area (Å²) in [6, 6.07) is 19.7. The van der Waals surface area contributed by atoms with Crippen LogP contribution in [0.3, 0.4) is 0 Å². The lowest BCUT2D eigenvalue weighted by molar-refractivity contribution is -0.141. The molecule has 0 saturated carbocycles. The number of halogens is 4. The van der Waals surface area contributed by atoms with Crippen LogP contribution in [0.1, 0.15) is 57.5 Å². The summed E-state index contributed by atoms with van der Waals surface area (Å²) in [6.07, 6.45) is -3.36. The molecule has 212 valence electrons. The summed E-state index contributed by atoms with van der Waals surface area (Å²) in [6.45, 7) is 3.06. The Bertz CT molecular complexity index is 1540. The summed E-state index contributed by atoms with van der Waals surface area (Å²) in [7, 11) is 0. The Morgan fingerprint density at radius 2 is 1.59 bits per heavy atom. The molecule has 3 aromatic carbocycles. The first-order valence-corrected chi connectivity index (χ1v) is 13.4. The quantitative estimate of drug-likeness (QED) is 0.163. The van der Waals surface area contributed by atoms with Gasteiger partial charge in [0.1, 0.15) is 5.82 Å². The molecule has 1 aliphatic rings. The third-order valence-electron chi connectivity index (χ3n) is 7.23. The summed E-state index contributed by atoms with van der Waals surface area (Å²) >= 11 is 0. The number of piperidine rings is 1. The highest BCUT2D eigenvalue weighted by Gasteiger charge is 2.42. The smallest absolute Gasteiger partial charge is 0.420 e. The van der Waals surface area contributed by atoms with Crippen LogP contribution >= 0.6 is 0 Å². The van der Waals surface area contributed by atoms with Crippen LogP contribution in [-0.2, 0) is 19.0 Å². The minimum Gasteiger partial charge on any atom is -0.420 e. The second-order valence-corrected chi connectivity index (χ2v) is 10.4. The third-order valence-corrected chi connectivity index (χ3v) is 7.23. The van der Waals surface area contributed by atoms with Gasteiger partial charge < -0.3 is 9.32 Å². The van der Waals surface area contributed by atoms with Crippen molar-refractivity contribution in [1.82, 2.24) is 4.98 Å². The van der Waals surface area contributed by atoms with Gasteiger partial charge in [0.15, 0.2) is 11.5 Å². The predicted octanol–water partition coefficient (Wildman–Crippen LogP) is 7.59. The Labute approximate surface area is 234 Å². The maximum atomic E-state index is 13.9. The number of alkyl halides is 3. The molecule has 1 unspecified atom stereocenters. The van der Waals surface area contributed by atoms with Crippen LogP contribution in [0.15, 0.2) is 77.2 Å². The van der Waals surface area contributed by atoms with E-state index in [1.165, 1.54) is 6.07 Å². The van der Waals surface area contributed by atoms with Crippen molar-refractivity contribution < 1.29 is 31.6 Å². The first-order chi connectivity index (χ1) is 19.6. The zero-order valence-corrected chi connectivity index (χ0v) is 22.4. The van der Waals surface area contributed by atoms with E-state index in [9.17, 15) is 27.2 Å². The van der Waals surface area contributed by atoms with Crippen LogP contribution in [0.2, 0.25) is 0 Å². The largest absolute Gasteiger partial charge is 0.437 e. The molecule has 9 heteroatoms. The van der Waals surface area contributed by atoms with E-state index >= 15 is 0 Å². The lowest BCUT2D eigenvalue weighted by Crippen LogP contribution is -2.34. The lowest BCUT2D eigenvalue weighted by atomic mass is 9.98. The second kappa shape index (κ2) is 11.7. The van der Waals surface area contributed by atoms with E-state index in [1.54, 1.807) is 71.6 Å². The Hall–Kier alpha value is -4.27. The first kappa shape index (κ1) is 28.3. The summed E-state index contributed by atoms with van der Waals surface area (Å²) in [5, 5.41) is 0. The van der Waals surface area contributed by atoms with Gasteiger partial charge in [0.05, 0.1) is 0 Å². The molecule has 41 heavy (non-hydrogen) atoms. The molecule has 5 nitrogen and oxygen atoms in total. The Balaban J connectivity index is 1.27. The number of ketones is 2. The van der Waals surface area contributed by atoms with Crippen molar-refractivity contribution in [2.45, 2.75) is 38.8 Å². The first-order valence-electron chi connectivity index (χ1n) is 13.4. The summed E-state index contributed by atoms with van der Waals surface area (Å²) in [5.74, 6) is -1.92. The van der Waals surface area contributed by atoms with E-state index in [2.05, 4.69) is 4.98 Å². The van der Waals surface area contributed by atoms with Gasteiger partial charge >= 0.3 is 6.18 Å². The van der Waals surface area contributed by atoms with E-state index in [-0.39, 0.29) is 24.6 Å². The number of Topliss-reactive ketones (excluding diaryl/α,β-unsaturated/α-hetero) is 2. The van der Waals surface area contributed by atoms with Gasteiger partial charge in [-0.2, -0.15) is 18.2 Å². The Kier molecular flexibility index (Phi) is 8.06. The monoisotopic (exact) mass is 564 g/mol. The SMILES string of the molecule is CC1CCCN(c2nc(C(F)(F)F)c(C(=O)Cc3ccc(-c4ccc(C(=O)Cc5ccccc5F)cc4)cc3)o2)C1. The maximum Gasteiger partial charge on any atom is 0.437 e. The van der Waals surface area contributed by atoms with Crippen LogP contribution in [0, 0.1) is 11.7 Å². The lowest BCUT2D eigenvalue weighted by Gasteiger charge is -2.29. The van der Waals surface area contributed by atoms with Gasteiger partial charge in [-0.05, 0) is 47.1 Å². The van der Waals surface area contributed by atoms with Crippen molar-refractivity contribution in [3.8, 4) is 11.1 Å². The fourth-order valence-corrected chi connectivity index (χ4v) is 5.03. The molecule has 0 amide bonds. The molecule has 1 atom stereocenters. The molecule has 1 aromatic heterocycles. The number of rotatable bonds is 8. The minimum atomic E-state index is -4.82. The van der Waals surface area contributed by atoms with Gasteiger partial charge in [0.2, 0.25) is 11.5 Å². The van der Waals surface area contributed by atoms with Crippen molar-refractivity contribution in [3.05, 3.63) is 107 Å². The van der Waals surface area contributed by atoms with E-state index < -0.39 is 29.2 Å². The molecule has 0 radical (unpaired) electrons. The summed E-state index contributed by atoms with van der Waals surface area (Å²) in [4.78, 5) is 30.9. The van der Waals surface area contributed by atoms with Crippen molar-refractivity contribution in [2.75, 3.05) is 18.0 Å². The molecule has 1 aliphatic heterocycles. The topological polar surface area (TPSA) is 63.4 Å². The molecule has 2 heterocycles. The van der Waals surface area contributed by atoms with Gasteiger partial charge in [-0.15, -0.1) is 0 Å². The number of carbonyl (C=O) groups is 2. The van der Waals surface area contributed by atoms with E-state index in [1.807, 2.05) is 6.92 Å². The molecule has 1 saturated heterocycles. The van der Waals surface area contributed by atoms with Gasteiger partial charge in [0.25, 0.3) is 6.01 Å². The standard InChI is InChI=1S/C32H28F4N2O3/c1-20-5-4-16-38(19-20)31-37-30(32(34,35)36)29(41-31)28(40)17-21-8-10-22(11-9-21)23-12-14-24(15-13-23)27(39)18-25-6-2-3-7-26(25)33/h2-3,6-15,20H,4-5,16-19H2,1H3. The number of benzene rings is 3. The number of aromatic nitrogens is 1. The van der Waals surface area contributed by atoms with Crippen LogP contribution in [-0.4, -0.2) is 29.6 Å². The van der Waals surface area contributed by atoms with Gasteiger partial charge in [-0.25, -0.2) is 4.39 Å². The van der Waals surface area contributed by atoms with E-state index in [0.29, 0.717) is 35.7 Å². The number of oxazole rings is 1. The summed E-state index contributed by atoms with van der Waals surface area (Å²) in [5.41, 5.74) is 1.61. The van der Waals surface area contributed by atoms with Crippen LogP contribution in [0.25, 0.3) is 11.1 Å². The molecule has 0 bridgehead atoms. The van der Waals surface area contributed by atoms with Crippen LogP contribution in [0.4, 0.5) is 23.6 Å². The second-order valence-electron chi connectivity index (χ2n) is 10.4. The molecule has 0 N–H and O–H groups in total. The zero-order chi connectivity index (χ0) is 29.1. The molecular formula is C32H28F4N2O3. The van der Waals surface area contributed by atoms with Crippen molar-refractivity contribution in [1.29, 1.82) is 0 Å². The van der Waals surface area contributed by atoms with E-state index in [4.69, 9.17) is 4.42 Å². The van der Waals surface area contributed by atoms with Crippen molar-refractivity contribution in [2.24, 2.45) is 5.92 Å². The molecule has 5 rings (SSSR count). The summed E-state index contributed by atoms with van der Waals surface area (Å²) < 4.78 is 60.5. The normalized spacial score (nSPS) is 15.6. The number of nitrogens with zero attached hydrogens (tertiary/aromatic N) is 2. The van der Waals surface area contributed by atoms with Crippen LogP contribution in [0.5, 0.6) is 0 Å². The fraction of sp³-hybridized carbons (Fsp3) is 0.281. The average molecular weight is 565 g/mol. The van der Waals surface area contributed by atoms with E-state index in [0.717, 1.165) is 24.0 Å². The maximum absolute atomic E-state index is 13.9. The highest BCUT2D eigenvalue weighted by atomic mass is 19.4. The molecule has 0 aliphatic carbocycles. The number of carbonyl (C=O) groups excluding carboxylic acids is 2. The number of hydrogen-bond donors (Lipinski definition) is 0. The fourth-order valence-electron chi connectivity index (χ4n) is 5.03. The van der Waals surface area contributed by atoms with Gasteiger partial charge in [0, 0.05) is 31.5 Å². The van der Waals surface area contributed by atoms with Gasteiger partial charge in [-0.3, -0.25) is 9.59 Å². The van der Waals surface area contributed by atoms with Crippen LogP contribution < -0.4 is 4.90 Å². The predicted molar refractivity (Wildman–Crippen MR) is 146 cm³/mol. The zero-order valence-electron chi connectivity index (χ0n) is 22.4. The average Bonchev–Trinajstić information content (AvgIpc) is 3.42. The molecule has 1 fully saturated rings. The van der Waals surface area contributed by atoms with Gasteiger partial charge in [-0.1, -0.05) is 73.7 Å². The minimum absolute atomic E-state index is 0.0470. The molecule has 0 spiro atoms. The third kappa shape index (κ3) is 6.56. The Morgan fingerprint density at radius 1 is 0.927 bits per heavy atom. The number of hydrogen-bond acceptors (Lipinski definition) is 5. The highest BCUT2D eigenvalue weighted by Crippen LogP contribution is 2.35. The van der Waals surface area contributed by atoms with Crippen molar-refractivity contribution in [3.63, 3.8) is 0 Å². The van der Waals surface area contributed by atoms with Crippen molar-refractivity contribution >= 4 is 17.6 Å². The molecule has 4 aromatic rings.